The van der Waals surface area contributed by atoms with E-state index < -0.39 is 0 Å². The molecule has 2 rings (SSSR count). The minimum Gasteiger partial charge on any atom is -0.382 e. The van der Waals surface area contributed by atoms with E-state index >= 15 is 0 Å². The lowest BCUT2D eigenvalue weighted by atomic mass is 10.2. The predicted molar refractivity (Wildman–Crippen MR) is 91.3 cm³/mol. The number of unbranched alkanes of at least 4 members (excludes halogenated alkanes) is 1. The number of benzene rings is 1. The number of hydrogen-bond donors (Lipinski definition) is 1. The number of fused-ring (bicyclic) bond motifs is 1. The number of carbonyl (C=O) groups is 1. The van der Waals surface area contributed by atoms with E-state index in [1.165, 1.54) is 9.71 Å². The average Bonchev–Trinajstić information content (AvgIpc) is 2.94. The highest BCUT2D eigenvalue weighted by Crippen LogP contribution is 2.22. The van der Waals surface area contributed by atoms with E-state index in [2.05, 4.69) is 16.4 Å². The van der Waals surface area contributed by atoms with Crippen molar-refractivity contribution in [3.8, 4) is 0 Å². The number of aromatic nitrogens is 1. The maximum Gasteiger partial charge on any atom is 0.219 e. The number of hydrogen-bond acceptors (Lipinski definition) is 4. The van der Waals surface area contributed by atoms with Crippen molar-refractivity contribution in [3.05, 3.63) is 29.3 Å². The van der Waals surface area contributed by atoms with E-state index in [1.54, 1.807) is 11.3 Å². The summed E-state index contributed by atoms with van der Waals surface area (Å²) in [4.78, 5) is 16.3. The molecule has 0 aliphatic heterocycles. The molecule has 0 fully saturated rings. The number of para-hydroxylation sites is 1. The Labute approximate surface area is 135 Å². The first-order valence-electron chi connectivity index (χ1n) is 7.98. The summed E-state index contributed by atoms with van der Waals surface area (Å²) in [6, 6.07) is 8.21. The Morgan fingerprint density at radius 2 is 2.14 bits per heavy atom. The molecular weight excluding hydrogens is 296 g/mol. The molecule has 1 aromatic heterocycles. The maximum atomic E-state index is 11.7. The number of carbonyl (C=O) groups excluding carboxylic acids is 1. The van der Waals surface area contributed by atoms with Crippen molar-refractivity contribution in [1.29, 1.82) is 0 Å². The number of nitrogens with one attached hydrogen (secondary N) is 1. The zero-order valence-electron chi connectivity index (χ0n) is 13.1. The van der Waals surface area contributed by atoms with Gasteiger partial charge in [-0.15, -0.1) is 11.3 Å². The van der Waals surface area contributed by atoms with Gasteiger partial charge in [0.25, 0.3) is 0 Å². The van der Waals surface area contributed by atoms with Crippen LogP contribution in [0.1, 0.15) is 37.6 Å². The van der Waals surface area contributed by atoms with Crippen molar-refractivity contribution in [2.75, 3.05) is 19.8 Å². The van der Waals surface area contributed by atoms with Crippen LogP contribution in [0.4, 0.5) is 0 Å². The van der Waals surface area contributed by atoms with Gasteiger partial charge in [-0.3, -0.25) is 4.79 Å². The lowest BCUT2D eigenvalue weighted by Gasteiger charge is -2.05. The zero-order chi connectivity index (χ0) is 15.6. The van der Waals surface area contributed by atoms with Crippen LogP contribution in [0.5, 0.6) is 0 Å². The van der Waals surface area contributed by atoms with E-state index in [1.807, 2.05) is 25.1 Å². The minimum atomic E-state index is 0.140. The summed E-state index contributed by atoms with van der Waals surface area (Å²) in [5, 5.41) is 4.09. The normalized spacial score (nSPS) is 11.0. The first-order valence-corrected chi connectivity index (χ1v) is 8.80. The number of thiazole rings is 1. The molecule has 5 heteroatoms. The molecule has 1 heterocycles. The Hall–Kier alpha value is -1.46. The summed E-state index contributed by atoms with van der Waals surface area (Å²) in [7, 11) is 0. The van der Waals surface area contributed by atoms with E-state index in [0.29, 0.717) is 19.6 Å². The highest BCUT2D eigenvalue weighted by molar-refractivity contribution is 7.18. The van der Waals surface area contributed by atoms with Gasteiger partial charge in [0.1, 0.15) is 0 Å². The molecule has 0 spiro atoms. The van der Waals surface area contributed by atoms with Gasteiger partial charge in [0.2, 0.25) is 5.91 Å². The van der Waals surface area contributed by atoms with Crippen molar-refractivity contribution in [1.82, 2.24) is 10.3 Å². The van der Waals surface area contributed by atoms with Gasteiger partial charge in [0.05, 0.1) is 15.2 Å². The fourth-order valence-electron chi connectivity index (χ4n) is 2.22. The lowest BCUT2D eigenvalue weighted by Crippen LogP contribution is -2.24. The summed E-state index contributed by atoms with van der Waals surface area (Å²) in [6.45, 7) is 4.13. The third-order valence-corrected chi connectivity index (χ3v) is 4.47. The van der Waals surface area contributed by atoms with Gasteiger partial charge >= 0.3 is 0 Å². The molecule has 0 unspecified atom stereocenters. The standard InChI is InChI=1S/C17H24N2O2S/c1-2-21-13-7-12-18-16(20)10-5-6-11-17-19-14-8-3-4-9-15(14)22-17/h3-4,8-9H,2,5-7,10-13H2,1H3,(H,18,20). The first kappa shape index (κ1) is 16.9. The smallest absolute Gasteiger partial charge is 0.219 e. The van der Waals surface area contributed by atoms with Gasteiger partial charge in [-0.05, 0) is 44.7 Å². The Morgan fingerprint density at radius 3 is 2.95 bits per heavy atom. The number of rotatable bonds is 10. The van der Waals surface area contributed by atoms with Crippen LogP contribution in [0.2, 0.25) is 0 Å². The molecule has 0 saturated heterocycles. The average molecular weight is 320 g/mol. The monoisotopic (exact) mass is 320 g/mol. The Kier molecular flexibility index (Phi) is 7.33. The molecule has 0 saturated carbocycles. The zero-order valence-corrected chi connectivity index (χ0v) is 14.0. The third-order valence-electron chi connectivity index (χ3n) is 3.37. The predicted octanol–water partition coefficient (Wildman–Crippen LogP) is 3.55. The number of amides is 1. The van der Waals surface area contributed by atoms with Gasteiger partial charge < -0.3 is 10.1 Å². The van der Waals surface area contributed by atoms with E-state index in [4.69, 9.17) is 4.74 Å². The summed E-state index contributed by atoms with van der Waals surface area (Å²) in [6.07, 6.45) is 4.35. The largest absolute Gasteiger partial charge is 0.382 e. The van der Waals surface area contributed by atoms with Crippen molar-refractivity contribution < 1.29 is 9.53 Å². The summed E-state index contributed by atoms with van der Waals surface area (Å²) < 4.78 is 6.47. The summed E-state index contributed by atoms with van der Waals surface area (Å²) in [5.41, 5.74) is 1.08. The van der Waals surface area contributed by atoms with Crippen LogP contribution in [0.15, 0.2) is 24.3 Å². The molecule has 0 atom stereocenters. The van der Waals surface area contributed by atoms with Crippen molar-refractivity contribution >= 4 is 27.5 Å². The first-order chi connectivity index (χ1) is 10.8. The molecule has 1 N–H and O–H groups in total. The van der Waals surface area contributed by atoms with Crippen LogP contribution < -0.4 is 5.32 Å². The molecule has 0 aliphatic carbocycles. The second-order valence-corrected chi connectivity index (χ2v) is 6.30. The van der Waals surface area contributed by atoms with Gasteiger partial charge in [-0.25, -0.2) is 4.98 Å². The van der Waals surface area contributed by atoms with Gasteiger partial charge in [-0.1, -0.05) is 12.1 Å². The second kappa shape index (κ2) is 9.54. The second-order valence-electron chi connectivity index (χ2n) is 5.18. The molecular formula is C17H24N2O2S. The van der Waals surface area contributed by atoms with Crippen LogP contribution in [0, 0.1) is 0 Å². The van der Waals surface area contributed by atoms with E-state index in [9.17, 15) is 4.79 Å². The highest BCUT2D eigenvalue weighted by Gasteiger charge is 2.04. The Bertz CT molecular complexity index is 550. The van der Waals surface area contributed by atoms with Gasteiger partial charge in [0.15, 0.2) is 0 Å². The fraction of sp³-hybridized carbons (Fsp3) is 0.529. The molecule has 0 radical (unpaired) electrons. The molecule has 1 amide bonds. The highest BCUT2D eigenvalue weighted by atomic mass is 32.1. The quantitative estimate of drug-likeness (QED) is 0.681. The molecule has 120 valence electrons. The molecule has 1 aromatic carbocycles. The fourth-order valence-corrected chi connectivity index (χ4v) is 3.23. The number of nitrogens with zero attached hydrogens (tertiary/aromatic N) is 1. The summed E-state index contributed by atoms with van der Waals surface area (Å²) >= 11 is 1.75. The van der Waals surface area contributed by atoms with Crippen molar-refractivity contribution in [3.63, 3.8) is 0 Å². The molecule has 2 aromatic rings. The van der Waals surface area contributed by atoms with Gasteiger partial charge in [-0.2, -0.15) is 0 Å². The molecule has 0 bridgehead atoms. The molecule has 22 heavy (non-hydrogen) atoms. The van der Waals surface area contributed by atoms with Crippen LogP contribution in [-0.4, -0.2) is 30.6 Å². The van der Waals surface area contributed by atoms with E-state index in [-0.39, 0.29) is 5.91 Å². The van der Waals surface area contributed by atoms with Gasteiger partial charge in [0, 0.05) is 26.2 Å². The Balaban J connectivity index is 1.57. The van der Waals surface area contributed by atoms with E-state index in [0.717, 1.165) is 37.8 Å². The number of aryl methyl sites for hydroxylation is 1. The van der Waals surface area contributed by atoms with Crippen molar-refractivity contribution in [2.24, 2.45) is 0 Å². The minimum absolute atomic E-state index is 0.140. The molecule has 4 nitrogen and oxygen atoms in total. The maximum absolute atomic E-state index is 11.7. The van der Waals surface area contributed by atoms with Crippen LogP contribution in [0.3, 0.4) is 0 Å². The number of ether oxygens (including phenoxy) is 1. The Morgan fingerprint density at radius 1 is 1.27 bits per heavy atom. The third kappa shape index (κ3) is 5.73. The van der Waals surface area contributed by atoms with Crippen LogP contribution >= 0.6 is 11.3 Å². The van der Waals surface area contributed by atoms with Crippen LogP contribution in [0.25, 0.3) is 10.2 Å². The van der Waals surface area contributed by atoms with Crippen molar-refractivity contribution in [2.45, 2.75) is 39.0 Å². The summed E-state index contributed by atoms with van der Waals surface area (Å²) in [5.74, 6) is 0.140. The topological polar surface area (TPSA) is 51.2 Å². The molecule has 0 aliphatic rings. The lowest BCUT2D eigenvalue weighted by molar-refractivity contribution is -0.121. The SMILES string of the molecule is CCOCCCNC(=O)CCCCc1nc2ccccc2s1. The van der Waals surface area contributed by atoms with Crippen LogP contribution in [-0.2, 0) is 16.0 Å².